The predicted octanol–water partition coefficient (Wildman–Crippen LogP) is 4.34. The molecule has 1 aliphatic rings. The second-order valence-electron chi connectivity index (χ2n) is 8.67. The van der Waals surface area contributed by atoms with E-state index >= 15 is 0 Å². The summed E-state index contributed by atoms with van der Waals surface area (Å²) in [6.07, 6.45) is 4.84. The Morgan fingerprint density at radius 3 is 2.46 bits per heavy atom. The molecule has 4 rings (SSSR count). The molecule has 1 saturated heterocycles. The lowest BCUT2D eigenvalue weighted by atomic mass is 10.0. The van der Waals surface area contributed by atoms with Crippen LogP contribution in [-0.2, 0) is 11.2 Å². The minimum atomic E-state index is -0.437. The zero-order valence-electron chi connectivity index (χ0n) is 20.1. The number of nitrogens with zero attached hydrogens (tertiary/aromatic N) is 5. The molecular formula is C27H29N5O3. The van der Waals surface area contributed by atoms with E-state index in [4.69, 9.17) is 4.98 Å². The maximum absolute atomic E-state index is 12.8. The number of amides is 1. The number of nitro groups is 1. The molecule has 0 aliphatic carbocycles. The zero-order valence-corrected chi connectivity index (χ0v) is 20.1. The molecule has 1 amide bonds. The molecule has 2 aromatic carbocycles. The van der Waals surface area contributed by atoms with E-state index in [0.717, 1.165) is 47.8 Å². The highest BCUT2D eigenvalue weighted by Crippen LogP contribution is 2.25. The smallest absolute Gasteiger partial charge is 0.269 e. The summed E-state index contributed by atoms with van der Waals surface area (Å²) < 4.78 is 0. The number of anilines is 1. The van der Waals surface area contributed by atoms with Gasteiger partial charge in [0.1, 0.15) is 11.6 Å². The summed E-state index contributed by atoms with van der Waals surface area (Å²) in [4.78, 5) is 36.8. The standard InChI is InChI=1S/C27H29N5O3/c1-20-25(19-23-7-4-3-5-8-23)27(29-21(2)28-20)31-16-6-15-30(17-18-31)26(33)14-11-22-9-12-24(13-10-22)32(34)35/h3-5,7-14H,6,15-19H2,1-2H3/b14-11+. The third kappa shape index (κ3) is 6.09. The number of benzene rings is 2. The first-order chi connectivity index (χ1) is 16.9. The highest BCUT2D eigenvalue weighted by atomic mass is 16.6. The third-order valence-corrected chi connectivity index (χ3v) is 6.16. The SMILES string of the molecule is Cc1nc(C)c(Cc2ccccc2)c(N2CCCN(C(=O)/C=C/c3ccc([N+](=O)[O-])cc3)CC2)n1. The van der Waals surface area contributed by atoms with Crippen LogP contribution in [0.1, 0.15) is 34.6 Å². The van der Waals surface area contributed by atoms with Crippen molar-refractivity contribution in [3.8, 4) is 0 Å². The van der Waals surface area contributed by atoms with Gasteiger partial charge in [0.05, 0.1) is 4.92 Å². The van der Waals surface area contributed by atoms with E-state index in [0.29, 0.717) is 19.6 Å². The molecule has 1 aromatic heterocycles. The lowest BCUT2D eigenvalue weighted by molar-refractivity contribution is -0.384. The first-order valence-electron chi connectivity index (χ1n) is 11.7. The van der Waals surface area contributed by atoms with E-state index in [9.17, 15) is 14.9 Å². The second-order valence-corrected chi connectivity index (χ2v) is 8.67. The first-order valence-corrected chi connectivity index (χ1v) is 11.7. The van der Waals surface area contributed by atoms with Gasteiger partial charge in [0.25, 0.3) is 5.69 Å². The largest absolute Gasteiger partial charge is 0.354 e. The number of non-ortho nitro benzene ring substituents is 1. The molecule has 35 heavy (non-hydrogen) atoms. The molecule has 8 heteroatoms. The molecule has 0 atom stereocenters. The first kappa shape index (κ1) is 24.1. The van der Waals surface area contributed by atoms with Crippen LogP contribution in [-0.4, -0.2) is 51.9 Å². The van der Waals surface area contributed by atoms with Gasteiger partial charge in [-0.1, -0.05) is 30.3 Å². The van der Waals surface area contributed by atoms with E-state index < -0.39 is 4.92 Å². The van der Waals surface area contributed by atoms with Gasteiger partial charge in [0.15, 0.2) is 0 Å². The van der Waals surface area contributed by atoms with Crippen molar-refractivity contribution in [1.29, 1.82) is 0 Å². The van der Waals surface area contributed by atoms with Crippen LogP contribution in [0.2, 0.25) is 0 Å². The van der Waals surface area contributed by atoms with Crippen LogP contribution in [0.5, 0.6) is 0 Å². The summed E-state index contributed by atoms with van der Waals surface area (Å²) in [7, 11) is 0. The van der Waals surface area contributed by atoms with E-state index in [-0.39, 0.29) is 11.6 Å². The Balaban J connectivity index is 1.46. The van der Waals surface area contributed by atoms with Gasteiger partial charge in [-0.25, -0.2) is 9.97 Å². The van der Waals surface area contributed by atoms with Gasteiger partial charge in [-0.2, -0.15) is 0 Å². The molecular weight excluding hydrogens is 442 g/mol. The van der Waals surface area contributed by atoms with Crippen LogP contribution in [0.15, 0.2) is 60.7 Å². The molecule has 0 spiro atoms. The predicted molar refractivity (Wildman–Crippen MR) is 136 cm³/mol. The molecule has 3 aromatic rings. The lowest BCUT2D eigenvalue weighted by Crippen LogP contribution is -2.35. The van der Waals surface area contributed by atoms with E-state index in [1.165, 1.54) is 23.8 Å². The number of aromatic nitrogens is 2. The average molecular weight is 472 g/mol. The van der Waals surface area contributed by atoms with Crippen molar-refractivity contribution in [1.82, 2.24) is 14.9 Å². The quantitative estimate of drug-likeness (QED) is 0.302. The van der Waals surface area contributed by atoms with Gasteiger partial charge in [0, 0.05) is 62.1 Å². The molecule has 2 heterocycles. The van der Waals surface area contributed by atoms with Gasteiger partial charge >= 0.3 is 0 Å². The van der Waals surface area contributed by atoms with E-state index in [1.807, 2.05) is 36.9 Å². The van der Waals surface area contributed by atoms with E-state index in [2.05, 4.69) is 22.0 Å². The van der Waals surface area contributed by atoms with Crippen molar-refractivity contribution in [2.75, 3.05) is 31.1 Å². The molecule has 0 radical (unpaired) electrons. The molecule has 1 fully saturated rings. The van der Waals surface area contributed by atoms with Gasteiger partial charge < -0.3 is 9.80 Å². The Bertz CT molecular complexity index is 1230. The summed E-state index contributed by atoms with van der Waals surface area (Å²) in [6.45, 7) is 6.71. The molecule has 0 unspecified atom stereocenters. The van der Waals surface area contributed by atoms with Gasteiger partial charge in [-0.05, 0) is 49.6 Å². The average Bonchev–Trinajstić information content (AvgIpc) is 3.11. The monoisotopic (exact) mass is 471 g/mol. The Morgan fingerprint density at radius 2 is 1.74 bits per heavy atom. The number of carbonyl (C=O) groups is 1. The van der Waals surface area contributed by atoms with Gasteiger partial charge in [0.2, 0.25) is 5.91 Å². The van der Waals surface area contributed by atoms with Crippen LogP contribution in [0.3, 0.4) is 0 Å². The minimum Gasteiger partial charge on any atom is -0.354 e. The van der Waals surface area contributed by atoms with Crippen molar-refractivity contribution < 1.29 is 9.72 Å². The fourth-order valence-electron chi connectivity index (χ4n) is 4.32. The zero-order chi connectivity index (χ0) is 24.8. The number of carbonyl (C=O) groups excluding carboxylic acids is 1. The summed E-state index contributed by atoms with van der Waals surface area (Å²) in [5.41, 5.74) is 4.10. The Hall–Kier alpha value is -4.07. The second kappa shape index (κ2) is 10.9. The molecule has 0 bridgehead atoms. The third-order valence-electron chi connectivity index (χ3n) is 6.16. The summed E-state index contributed by atoms with van der Waals surface area (Å²) in [5.74, 6) is 1.64. The molecule has 0 saturated carbocycles. The van der Waals surface area contributed by atoms with Crippen LogP contribution >= 0.6 is 0 Å². The fourth-order valence-corrected chi connectivity index (χ4v) is 4.32. The van der Waals surface area contributed by atoms with Gasteiger partial charge in [-0.3, -0.25) is 14.9 Å². The molecule has 8 nitrogen and oxygen atoms in total. The highest BCUT2D eigenvalue weighted by molar-refractivity contribution is 5.91. The van der Waals surface area contributed by atoms with Crippen molar-refractivity contribution in [3.05, 3.63) is 99.0 Å². The highest BCUT2D eigenvalue weighted by Gasteiger charge is 2.22. The fraction of sp³-hybridized carbons (Fsp3) is 0.296. The summed E-state index contributed by atoms with van der Waals surface area (Å²) in [5, 5.41) is 10.8. The van der Waals surface area contributed by atoms with Crippen molar-refractivity contribution >= 4 is 23.5 Å². The lowest BCUT2D eigenvalue weighted by Gasteiger charge is -2.26. The van der Waals surface area contributed by atoms with Gasteiger partial charge in [-0.15, -0.1) is 0 Å². The number of hydrogen-bond acceptors (Lipinski definition) is 6. The number of hydrogen-bond donors (Lipinski definition) is 0. The number of rotatable bonds is 6. The van der Waals surface area contributed by atoms with Crippen LogP contribution < -0.4 is 4.90 Å². The molecule has 180 valence electrons. The van der Waals surface area contributed by atoms with Crippen LogP contribution in [0.25, 0.3) is 6.08 Å². The maximum Gasteiger partial charge on any atom is 0.269 e. The number of aryl methyl sites for hydroxylation is 2. The van der Waals surface area contributed by atoms with Crippen molar-refractivity contribution in [2.45, 2.75) is 26.7 Å². The van der Waals surface area contributed by atoms with E-state index in [1.54, 1.807) is 18.2 Å². The van der Waals surface area contributed by atoms with Crippen LogP contribution in [0.4, 0.5) is 11.5 Å². The Kier molecular flexibility index (Phi) is 7.50. The molecule has 0 N–H and O–H groups in total. The van der Waals surface area contributed by atoms with Crippen molar-refractivity contribution in [3.63, 3.8) is 0 Å². The van der Waals surface area contributed by atoms with Crippen LogP contribution in [0, 0.1) is 24.0 Å². The summed E-state index contributed by atoms with van der Waals surface area (Å²) >= 11 is 0. The maximum atomic E-state index is 12.8. The number of nitro benzene ring substituents is 1. The summed E-state index contributed by atoms with van der Waals surface area (Å²) in [6, 6.07) is 16.5. The Morgan fingerprint density at radius 1 is 1.00 bits per heavy atom. The van der Waals surface area contributed by atoms with Crippen molar-refractivity contribution in [2.24, 2.45) is 0 Å². The topological polar surface area (TPSA) is 92.5 Å². The minimum absolute atomic E-state index is 0.0305. The Labute approximate surface area is 205 Å². The molecule has 1 aliphatic heterocycles. The normalized spacial score (nSPS) is 14.2.